The molecule has 5 nitrogen and oxygen atoms in total. The van der Waals surface area contributed by atoms with Crippen molar-refractivity contribution in [2.75, 3.05) is 6.54 Å². The van der Waals surface area contributed by atoms with Gasteiger partial charge in [-0.25, -0.2) is 0 Å². The number of rotatable bonds is 5. The van der Waals surface area contributed by atoms with Crippen LogP contribution in [0.5, 0.6) is 0 Å². The van der Waals surface area contributed by atoms with E-state index in [1.807, 2.05) is 30.3 Å². The van der Waals surface area contributed by atoms with Gasteiger partial charge in [-0.15, -0.1) is 0 Å². The number of benzene rings is 1. The number of carbonyl (C=O) groups excluding carboxylic acids is 2. The van der Waals surface area contributed by atoms with Crippen LogP contribution in [-0.2, 0) is 16.0 Å². The first kappa shape index (κ1) is 19.8. The predicted octanol–water partition coefficient (Wildman–Crippen LogP) is 3.02. The van der Waals surface area contributed by atoms with Crippen LogP contribution in [0.15, 0.2) is 30.3 Å². The molecule has 1 aromatic carbocycles. The van der Waals surface area contributed by atoms with Crippen molar-refractivity contribution < 1.29 is 9.59 Å². The molecule has 7 rings (SSSR count). The molecule has 1 aromatic rings. The number of fused-ring (bicyclic) bond motifs is 1. The highest BCUT2D eigenvalue weighted by Gasteiger charge is 2.65. The number of carbonyl (C=O) groups is 2. The van der Waals surface area contributed by atoms with Crippen LogP contribution >= 0.6 is 0 Å². The molecule has 2 amide bonds. The van der Waals surface area contributed by atoms with Crippen LogP contribution in [0.25, 0.3) is 0 Å². The standard InChI is InChI=1S/C26H35N3O2/c1-24-11-18-12-25(14-24,22(27)23(31)29-8-7-19-10-20(19)29)16-26(13-18,15-24)28-21(30)9-17-5-3-2-4-6-17/h2-6,18-20,22H,7-16,27H2,1H3,(H,28,30)/t18?,19-,20+,22-,24?,25?,26?/m1/s1. The van der Waals surface area contributed by atoms with Gasteiger partial charge in [-0.3, -0.25) is 9.59 Å². The third-order valence-corrected chi connectivity index (χ3v) is 9.24. The quantitative estimate of drug-likeness (QED) is 0.767. The molecule has 7 atom stereocenters. The third-order valence-electron chi connectivity index (χ3n) is 9.24. The Kier molecular flexibility index (Phi) is 4.19. The van der Waals surface area contributed by atoms with Crippen molar-refractivity contribution in [2.24, 2.45) is 28.4 Å². The summed E-state index contributed by atoms with van der Waals surface area (Å²) in [7, 11) is 0. The van der Waals surface area contributed by atoms with Crippen LogP contribution in [0.3, 0.4) is 0 Å². The monoisotopic (exact) mass is 421 g/mol. The Morgan fingerprint density at radius 1 is 1.16 bits per heavy atom. The Hall–Kier alpha value is -1.88. The minimum absolute atomic E-state index is 0.104. The fraction of sp³-hybridized carbons (Fsp3) is 0.692. The maximum absolute atomic E-state index is 13.5. The van der Waals surface area contributed by atoms with Gasteiger partial charge in [0.15, 0.2) is 0 Å². The number of nitrogens with two attached hydrogens (primary N) is 1. The van der Waals surface area contributed by atoms with Crippen LogP contribution in [0, 0.1) is 22.7 Å². The van der Waals surface area contributed by atoms with E-state index in [1.165, 1.54) is 12.8 Å². The number of piperidine rings is 1. The molecule has 0 spiro atoms. The first-order valence-electron chi connectivity index (χ1n) is 12.2. The van der Waals surface area contributed by atoms with E-state index in [-0.39, 0.29) is 28.2 Å². The summed E-state index contributed by atoms with van der Waals surface area (Å²) >= 11 is 0. The molecule has 5 aliphatic carbocycles. The van der Waals surface area contributed by atoms with Gasteiger partial charge in [0.05, 0.1) is 12.5 Å². The largest absolute Gasteiger partial charge is 0.350 e. The number of amides is 2. The van der Waals surface area contributed by atoms with Crippen molar-refractivity contribution >= 4 is 11.8 Å². The fourth-order valence-corrected chi connectivity index (χ4v) is 8.72. The van der Waals surface area contributed by atoms with E-state index in [0.717, 1.165) is 56.6 Å². The van der Waals surface area contributed by atoms with E-state index in [1.54, 1.807) is 0 Å². The number of hydrogen-bond donors (Lipinski definition) is 2. The lowest BCUT2D eigenvalue weighted by Crippen LogP contribution is -2.70. The molecule has 1 aliphatic heterocycles. The maximum Gasteiger partial charge on any atom is 0.240 e. The summed E-state index contributed by atoms with van der Waals surface area (Å²) in [5, 5.41) is 3.48. The molecule has 1 saturated heterocycles. The van der Waals surface area contributed by atoms with Gasteiger partial charge in [0.1, 0.15) is 0 Å². The zero-order chi connectivity index (χ0) is 21.4. The number of nitrogens with one attached hydrogen (secondary N) is 1. The minimum Gasteiger partial charge on any atom is -0.350 e. The van der Waals surface area contributed by atoms with Crippen LogP contribution < -0.4 is 11.1 Å². The Balaban J connectivity index is 1.24. The maximum atomic E-state index is 13.5. The van der Waals surface area contributed by atoms with Crippen molar-refractivity contribution in [3.8, 4) is 0 Å². The average molecular weight is 422 g/mol. The van der Waals surface area contributed by atoms with Gasteiger partial charge in [0, 0.05) is 18.1 Å². The third kappa shape index (κ3) is 3.23. The first-order chi connectivity index (χ1) is 14.8. The second-order valence-corrected chi connectivity index (χ2v) is 12.0. The van der Waals surface area contributed by atoms with Crippen LogP contribution in [0.1, 0.15) is 63.9 Å². The molecule has 31 heavy (non-hydrogen) atoms. The predicted molar refractivity (Wildman–Crippen MR) is 119 cm³/mol. The van der Waals surface area contributed by atoms with Gasteiger partial charge in [-0.2, -0.15) is 0 Å². The molecule has 166 valence electrons. The summed E-state index contributed by atoms with van der Waals surface area (Å²) in [4.78, 5) is 28.6. The lowest BCUT2D eigenvalue weighted by atomic mass is 9.40. The van der Waals surface area contributed by atoms with Gasteiger partial charge in [-0.05, 0) is 79.6 Å². The van der Waals surface area contributed by atoms with Gasteiger partial charge >= 0.3 is 0 Å². The van der Waals surface area contributed by atoms with Crippen molar-refractivity contribution in [3.05, 3.63) is 35.9 Å². The van der Waals surface area contributed by atoms with Gasteiger partial charge in [0.25, 0.3) is 0 Å². The highest BCUT2D eigenvalue weighted by Crippen LogP contribution is 2.67. The summed E-state index contributed by atoms with van der Waals surface area (Å²) in [5.41, 5.74) is 7.69. The lowest BCUT2D eigenvalue weighted by Gasteiger charge is -2.67. The fourth-order valence-electron chi connectivity index (χ4n) is 8.72. The number of hydrogen-bond acceptors (Lipinski definition) is 3. The van der Waals surface area contributed by atoms with Crippen molar-refractivity contribution in [3.63, 3.8) is 0 Å². The number of nitrogens with zero attached hydrogens (tertiary/aromatic N) is 1. The second kappa shape index (κ2) is 6.57. The molecule has 5 saturated carbocycles. The molecule has 3 N–H and O–H groups in total. The summed E-state index contributed by atoms with van der Waals surface area (Å²) < 4.78 is 0. The van der Waals surface area contributed by atoms with E-state index >= 15 is 0 Å². The Bertz CT molecular complexity index is 918. The van der Waals surface area contributed by atoms with Gasteiger partial charge < -0.3 is 16.0 Å². The summed E-state index contributed by atoms with van der Waals surface area (Å²) in [6, 6.07) is 10.00. The molecule has 4 bridgehead atoms. The molecule has 6 fully saturated rings. The second-order valence-electron chi connectivity index (χ2n) is 12.0. The normalized spacial score (nSPS) is 42.9. The van der Waals surface area contributed by atoms with Gasteiger partial charge in [0.2, 0.25) is 11.8 Å². The minimum atomic E-state index is -0.431. The van der Waals surface area contributed by atoms with E-state index in [0.29, 0.717) is 18.4 Å². The van der Waals surface area contributed by atoms with Crippen LogP contribution in [-0.4, -0.2) is 40.9 Å². The molecular weight excluding hydrogens is 386 g/mol. The van der Waals surface area contributed by atoms with Crippen molar-refractivity contribution in [1.82, 2.24) is 10.2 Å². The van der Waals surface area contributed by atoms with Crippen molar-refractivity contribution in [1.29, 1.82) is 0 Å². The molecule has 1 heterocycles. The summed E-state index contributed by atoms with van der Waals surface area (Å²) in [6.45, 7) is 3.26. The highest BCUT2D eigenvalue weighted by atomic mass is 16.2. The zero-order valence-electron chi connectivity index (χ0n) is 18.6. The van der Waals surface area contributed by atoms with E-state index in [4.69, 9.17) is 5.73 Å². The lowest BCUT2D eigenvalue weighted by molar-refractivity contribution is -0.159. The number of likely N-dealkylation sites (tertiary alicyclic amines) is 1. The molecule has 4 unspecified atom stereocenters. The SMILES string of the molecule is CC12CC3CC(NC(=O)Cc4ccccc4)(C1)CC([C@H](N)C(=O)N1CC[C@@H]4C[C@@H]41)(C3)C2. The molecule has 6 aliphatic rings. The Morgan fingerprint density at radius 2 is 1.97 bits per heavy atom. The molecule has 0 aromatic heterocycles. The average Bonchev–Trinajstić information content (AvgIpc) is 3.35. The summed E-state index contributed by atoms with van der Waals surface area (Å²) in [5.74, 6) is 1.58. The van der Waals surface area contributed by atoms with Gasteiger partial charge in [-0.1, -0.05) is 37.3 Å². The van der Waals surface area contributed by atoms with Crippen LogP contribution in [0.2, 0.25) is 0 Å². The molecule has 0 radical (unpaired) electrons. The Morgan fingerprint density at radius 3 is 2.65 bits per heavy atom. The topological polar surface area (TPSA) is 75.4 Å². The highest BCUT2D eigenvalue weighted by molar-refractivity contribution is 5.84. The van der Waals surface area contributed by atoms with Crippen molar-refractivity contribution in [2.45, 2.75) is 82.3 Å². The molecular formula is C26H35N3O2. The van der Waals surface area contributed by atoms with E-state index < -0.39 is 6.04 Å². The first-order valence-corrected chi connectivity index (χ1v) is 12.2. The molecule has 5 heteroatoms. The smallest absolute Gasteiger partial charge is 0.240 e. The zero-order valence-corrected chi connectivity index (χ0v) is 18.6. The van der Waals surface area contributed by atoms with E-state index in [9.17, 15) is 9.59 Å². The Labute approximate surface area is 185 Å². The summed E-state index contributed by atoms with van der Waals surface area (Å²) in [6.07, 6.45) is 8.95. The van der Waals surface area contributed by atoms with E-state index in [2.05, 4.69) is 17.1 Å². The van der Waals surface area contributed by atoms with Crippen LogP contribution in [0.4, 0.5) is 0 Å².